The van der Waals surface area contributed by atoms with Gasteiger partial charge in [0, 0.05) is 23.8 Å². The number of anilines is 2. The van der Waals surface area contributed by atoms with Gasteiger partial charge in [-0.25, -0.2) is 14.8 Å². The van der Waals surface area contributed by atoms with Crippen molar-refractivity contribution in [2.45, 2.75) is 6.92 Å². The lowest BCUT2D eigenvalue weighted by atomic mass is 10.2. The number of halogens is 1. The summed E-state index contributed by atoms with van der Waals surface area (Å²) in [5.74, 6) is 0.448. The van der Waals surface area contributed by atoms with E-state index in [2.05, 4.69) is 20.4 Å². The van der Waals surface area contributed by atoms with E-state index in [1.165, 1.54) is 17.1 Å². The number of ether oxygens (including phenoxy) is 1. The predicted molar refractivity (Wildman–Crippen MR) is 99.6 cm³/mol. The minimum atomic E-state index is -0.566. The Morgan fingerprint density at radius 2 is 2.07 bits per heavy atom. The zero-order chi connectivity index (χ0) is 19.4. The number of aromatic nitrogens is 4. The summed E-state index contributed by atoms with van der Waals surface area (Å²) in [5, 5.41) is 16.9. The van der Waals surface area contributed by atoms with Crippen molar-refractivity contribution in [1.82, 2.24) is 19.7 Å². The largest absolute Gasteiger partial charge is 0.462 e. The third-order valence-corrected chi connectivity index (χ3v) is 3.93. The van der Waals surface area contributed by atoms with Crippen LogP contribution in [-0.2, 0) is 11.8 Å². The lowest BCUT2D eigenvalue weighted by Gasteiger charge is -2.12. The Kier molecular flexibility index (Phi) is 5.33. The van der Waals surface area contributed by atoms with Gasteiger partial charge >= 0.3 is 5.97 Å². The van der Waals surface area contributed by atoms with Gasteiger partial charge < -0.3 is 10.1 Å². The second kappa shape index (κ2) is 7.85. The Balaban J connectivity index is 2.08. The number of aryl methyl sites for hydroxylation is 1. The number of benzene rings is 1. The smallest absolute Gasteiger partial charge is 0.343 e. The average Bonchev–Trinajstić information content (AvgIpc) is 3.02. The summed E-state index contributed by atoms with van der Waals surface area (Å²) in [6.45, 7) is 1.93. The maximum atomic E-state index is 12.3. The number of nitriles is 1. The van der Waals surface area contributed by atoms with Crippen molar-refractivity contribution >= 4 is 29.2 Å². The molecule has 1 N–H and O–H groups in total. The number of nitrogens with zero attached hydrogens (tertiary/aromatic N) is 5. The first-order valence-electron chi connectivity index (χ1n) is 8.02. The van der Waals surface area contributed by atoms with E-state index in [1.54, 1.807) is 38.2 Å². The van der Waals surface area contributed by atoms with E-state index in [1.807, 2.05) is 6.07 Å². The molecule has 27 heavy (non-hydrogen) atoms. The van der Waals surface area contributed by atoms with Crippen molar-refractivity contribution in [1.29, 1.82) is 5.26 Å². The lowest BCUT2D eigenvalue weighted by Crippen LogP contribution is -2.12. The predicted octanol–water partition coefficient (Wildman–Crippen LogP) is 3.32. The van der Waals surface area contributed by atoms with Gasteiger partial charge in [-0.1, -0.05) is 11.6 Å². The molecule has 3 aromatic rings. The fraction of sp³-hybridized carbons (Fsp3) is 0.167. The Morgan fingerprint density at radius 3 is 2.74 bits per heavy atom. The van der Waals surface area contributed by atoms with Gasteiger partial charge in [-0.15, -0.1) is 0 Å². The second-order valence-corrected chi connectivity index (χ2v) is 5.89. The van der Waals surface area contributed by atoms with Crippen molar-refractivity contribution in [3.63, 3.8) is 0 Å². The molecule has 0 radical (unpaired) electrons. The average molecular weight is 383 g/mol. The number of esters is 1. The molecule has 2 heterocycles. The third-order valence-electron chi connectivity index (χ3n) is 3.68. The van der Waals surface area contributed by atoms with Gasteiger partial charge in [0.15, 0.2) is 5.82 Å². The molecule has 1 aromatic carbocycles. The second-order valence-electron chi connectivity index (χ2n) is 5.45. The summed E-state index contributed by atoms with van der Waals surface area (Å²) in [6, 6.07) is 9.04. The number of carbonyl (C=O) groups is 1. The molecule has 0 amide bonds. The minimum absolute atomic E-state index is 0.152. The van der Waals surface area contributed by atoms with Crippen LogP contribution in [-0.4, -0.2) is 32.3 Å². The molecule has 0 fully saturated rings. The fourth-order valence-corrected chi connectivity index (χ4v) is 2.48. The molecular formula is C18H15ClN6O2. The van der Waals surface area contributed by atoms with Gasteiger partial charge in [-0.05, 0) is 31.2 Å². The van der Waals surface area contributed by atoms with E-state index in [0.717, 1.165) is 5.56 Å². The van der Waals surface area contributed by atoms with Crippen molar-refractivity contribution in [3.8, 4) is 17.5 Å². The van der Waals surface area contributed by atoms with E-state index in [0.29, 0.717) is 22.2 Å². The van der Waals surface area contributed by atoms with Crippen LogP contribution in [0.15, 0.2) is 36.7 Å². The molecule has 0 atom stereocenters. The van der Waals surface area contributed by atoms with Crippen LogP contribution in [0.25, 0.3) is 11.4 Å². The molecule has 8 nitrogen and oxygen atoms in total. The first-order chi connectivity index (χ1) is 13.0. The van der Waals surface area contributed by atoms with E-state index in [4.69, 9.17) is 16.3 Å². The molecule has 9 heteroatoms. The maximum Gasteiger partial charge on any atom is 0.343 e. The normalized spacial score (nSPS) is 10.3. The van der Waals surface area contributed by atoms with Crippen LogP contribution >= 0.6 is 11.6 Å². The Morgan fingerprint density at radius 1 is 1.33 bits per heavy atom. The Labute approximate surface area is 160 Å². The van der Waals surface area contributed by atoms with E-state index in [9.17, 15) is 10.1 Å². The van der Waals surface area contributed by atoms with Gasteiger partial charge in [0.05, 0.1) is 12.8 Å². The number of hydrogen-bond donors (Lipinski definition) is 1. The molecule has 0 saturated carbocycles. The van der Waals surface area contributed by atoms with Gasteiger partial charge in [0.2, 0.25) is 0 Å². The molecule has 0 bridgehead atoms. The Bertz CT molecular complexity index is 1020. The molecule has 0 saturated heterocycles. The highest BCUT2D eigenvalue weighted by molar-refractivity contribution is 6.30. The quantitative estimate of drug-likeness (QED) is 0.674. The van der Waals surface area contributed by atoms with E-state index >= 15 is 0 Å². The summed E-state index contributed by atoms with van der Waals surface area (Å²) < 4.78 is 6.56. The van der Waals surface area contributed by atoms with Crippen LogP contribution in [0.4, 0.5) is 11.6 Å². The zero-order valence-corrected chi connectivity index (χ0v) is 15.4. The highest BCUT2D eigenvalue weighted by Gasteiger charge is 2.19. The van der Waals surface area contributed by atoms with Gasteiger partial charge in [-0.3, -0.25) is 4.68 Å². The molecule has 0 unspecified atom stereocenters. The van der Waals surface area contributed by atoms with Gasteiger partial charge in [0.25, 0.3) is 0 Å². The van der Waals surface area contributed by atoms with Crippen molar-refractivity contribution < 1.29 is 9.53 Å². The van der Waals surface area contributed by atoms with Crippen LogP contribution in [0.1, 0.15) is 22.8 Å². The molecule has 0 aliphatic rings. The number of nitrogens with one attached hydrogen (secondary N) is 1. The molecule has 136 valence electrons. The highest BCUT2D eigenvalue weighted by Crippen LogP contribution is 2.25. The van der Waals surface area contributed by atoms with Crippen LogP contribution in [0.3, 0.4) is 0 Å². The fourth-order valence-electron chi connectivity index (χ4n) is 2.35. The Hall–Kier alpha value is -3.44. The summed E-state index contributed by atoms with van der Waals surface area (Å²) in [5.41, 5.74) is 1.20. The molecular weight excluding hydrogens is 368 g/mol. The van der Waals surface area contributed by atoms with Crippen molar-refractivity contribution in [3.05, 3.63) is 52.8 Å². The summed E-state index contributed by atoms with van der Waals surface area (Å²) >= 11 is 5.92. The highest BCUT2D eigenvalue weighted by atomic mass is 35.5. The van der Waals surface area contributed by atoms with E-state index < -0.39 is 5.97 Å². The number of hydrogen-bond acceptors (Lipinski definition) is 7. The summed E-state index contributed by atoms with van der Waals surface area (Å²) in [4.78, 5) is 21.0. The SMILES string of the molecule is CCOC(=O)c1cnc(-c2ccc(Cl)cc2)nc1Nc1c(C#N)cnn1C. The van der Waals surface area contributed by atoms with Gasteiger partial charge in [-0.2, -0.15) is 10.4 Å². The maximum absolute atomic E-state index is 12.3. The van der Waals surface area contributed by atoms with Gasteiger partial charge in [0.1, 0.15) is 28.8 Å². The van der Waals surface area contributed by atoms with Crippen LogP contribution in [0, 0.1) is 11.3 Å². The monoisotopic (exact) mass is 382 g/mol. The molecule has 3 rings (SSSR count). The minimum Gasteiger partial charge on any atom is -0.462 e. The summed E-state index contributed by atoms with van der Waals surface area (Å²) in [6.07, 6.45) is 2.81. The van der Waals surface area contributed by atoms with Crippen molar-refractivity contribution in [2.75, 3.05) is 11.9 Å². The third kappa shape index (κ3) is 3.88. The van der Waals surface area contributed by atoms with Crippen molar-refractivity contribution in [2.24, 2.45) is 7.05 Å². The molecule has 0 spiro atoms. The number of carbonyl (C=O) groups excluding carboxylic acids is 1. The lowest BCUT2D eigenvalue weighted by molar-refractivity contribution is 0.0526. The first kappa shape index (κ1) is 18.4. The molecule has 0 aliphatic heterocycles. The topological polar surface area (TPSA) is 106 Å². The van der Waals surface area contributed by atoms with E-state index in [-0.39, 0.29) is 18.0 Å². The summed E-state index contributed by atoms with van der Waals surface area (Å²) in [7, 11) is 1.68. The molecule has 2 aromatic heterocycles. The standard InChI is InChI=1S/C18H15ClN6O2/c1-3-27-18(26)14-10-21-15(11-4-6-13(19)7-5-11)23-16(14)24-17-12(8-20)9-22-25(17)2/h4-7,9-10H,3H2,1-2H3,(H,21,23,24). The van der Waals surface area contributed by atoms with Crippen LogP contribution in [0.2, 0.25) is 5.02 Å². The molecule has 0 aliphatic carbocycles. The number of rotatable bonds is 5. The first-order valence-corrected chi connectivity index (χ1v) is 8.40. The zero-order valence-electron chi connectivity index (χ0n) is 14.6. The van der Waals surface area contributed by atoms with Crippen LogP contribution in [0.5, 0.6) is 0 Å². The van der Waals surface area contributed by atoms with Crippen LogP contribution < -0.4 is 5.32 Å².